The first-order chi connectivity index (χ1) is 10.3. The molecule has 0 N–H and O–H groups in total. The van der Waals surface area contributed by atoms with E-state index in [4.69, 9.17) is 4.42 Å². The second-order valence-corrected chi connectivity index (χ2v) is 8.71. The summed E-state index contributed by atoms with van der Waals surface area (Å²) in [5, 5.41) is 0. The van der Waals surface area contributed by atoms with Crippen molar-refractivity contribution in [2.24, 2.45) is 28.6 Å². The zero-order valence-corrected chi connectivity index (χ0v) is 14.5. The molecule has 2 saturated carbocycles. The van der Waals surface area contributed by atoms with Crippen LogP contribution in [0.15, 0.2) is 23.0 Å². The third-order valence-electron chi connectivity index (χ3n) is 6.68. The van der Waals surface area contributed by atoms with E-state index in [1.54, 1.807) is 6.26 Å². The van der Waals surface area contributed by atoms with Crippen molar-refractivity contribution < 1.29 is 9.21 Å². The standard InChI is InChI=1S/C20H30O2/c1-14-12-17(21)18-19(2,3)9-5-10-20(18,4)16(14)7-6-15-8-11-22-13-15/h8,11,13-14,16,18H,5-7,9-10,12H2,1-4H3/t14?,16-,18-,20+/m0/s1. The van der Waals surface area contributed by atoms with Crippen molar-refractivity contribution in [1.29, 1.82) is 0 Å². The number of hydrogen-bond acceptors (Lipinski definition) is 2. The minimum absolute atomic E-state index is 0.165. The third-order valence-corrected chi connectivity index (χ3v) is 6.68. The molecule has 1 aromatic heterocycles. The summed E-state index contributed by atoms with van der Waals surface area (Å²) in [4.78, 5) is 12.8. The molecular formula is C20H30O2. The normalized spacial score (nSPS) is 37.8. The van der Waals surface area contributed by atoms with Crippen LogP contribution in [-0.2, 0) is 11.2 Å². The van der Waals surface area contributed by atoms with Gasteiger partial charge in [-0.3, -0.25) is 4.79 Å². The number of hydrogen-bond donors (Lipinski definition) is 0. The number of ketones is 1. The Labute approximate surface area is 134 Å². The van der Waals surface area contributed by atoms with E-state index in [-0.39, 0.29) is 16.7 Å². The quantitative estimate of drug-likeness (QED) is 0.761. The van der Waals surface area contributed by atoms with Gasteiger partial charge in [0.1, 0.15) is 5.78 Å². The highest BCUT2D eigenvalue weighted by Crippen LogP contribution is 2.60. The number of furan rings is 1. The topological polar surface area (TPSA) is 30.2 Å². The van der Waals surface area contributed by atoms with Gasteiger partial charge in [0.05, 0.1) is 12.5 Å². The highest BCUT2D eigenvalue weighted by Gasteiger charge is 2.57. The lowest BCUT2D eigenvalue weighted by molar-refractivity contribution is -0.153. The molecule has 122 valence electrons. The summed E-state index contributed by atoms with van der Waals surface area (Å²) in [6, 6.07) is 2.07. The summed E-state index contributed by atoms with van der Waals surface area (Å²) in [5.41, 5.74) is 1.64. The predicted molar refractivity (Wildman–Crippen MR) is 88.5 cm³/mol. The molecule has 4 atom stereocenters. The lowest BCUT2D eigenvalue weighted by Crippen LogP contribution is -2.55. The molecule has 2 aliphatic rings. The fraction of sp³-hybridized carbons (Fsp3) is 0.750. The van der Waals surface area contributed by atoms with E-state index in [9.17, 15) is 4.79 Å². The van der Waals surface area contributed by atoms with Crippen LogP contribution in [0.1, 0.15) is 65.4 Å². The van der Waals surface area contributed by atoms with Crippen molar-refractivity contribution in [1.82, 2.24) is 0 Å². The Morgan fingerprint density at radius 3 is 2.73 bits per heavy atom. The molecule has 22 heavy (non-hydrogen) atoms. The number of aryl methyl sites for hydroxylation is 1. The SMILES string of the molecule is CC1CC(=O)[C@H]2C(C)(C)CCC[C@]2(C)[C@H]1CCc1ccoc1. The smallest absolute Gasteiger partial charge is 0.137 e. The average Bonchev–Trinajstić information content (AvgIpc) is 2.89. The van der Waals surface area contributed by atoms with E-state index in [1.165, 1.54) is 31.2 Å². The van der Waals surface area contributed by atoms with Gasteiger partial charge in [-0.1, -0.05) is 34.1 Å². The summed E-state index contributed by atoms with van der Waals surface area (Å²) in [7, 11) is 0. The molecule has 0 spiro atoms. The van der Waals surface area contributed by atoms with Gasteiger partial charge < -0.3 is 4.42 Å². The Kier molecular flexibility index (Phi) is 3.99. The number of fused-ring (bicyclic) bond motifs is 1. The van der Waals surface area contributed by atoms with Gasteiger partial charge in [-0.05, 0) is 60.0 Å². The molecule has 0 aromatic carbocycles. The van der Waals surface area contributed by atoms with E-state index in [1.807, 2.05) is 6.26 Å². The van der Waals surface area contributed by atoms with Crippen molar-refractivity contribution in [3.05, 3.63) is 24.2 Å². The van der Waals surface area contributed by atoms with Crippen LogP contribution >= 0.6 is 0 Å². The van der Waals surface area contributed by atoms with E-state index in [0.717, 1.165) is 12.8 Å². The van der Waals surface area contributed by atoms with E-state index < -0.39 is 0 Å². The first kappa shape index (κ1) is 15.8. The fourth-order valence-corrected chi connectivity index (χ4v) is 5.91. The van der Waals surface area contributed by atoms with Crippen LogP contribution in [0.2, 0.25) is 0 Å². The van der Waals surface area contributed by atoms with Crippen LogP contribution in [0.5, 0.6) is 0 Å². The number of carbonyl (C=O) groups is 1. The summed E-state index contributed by atoms with van der Waals surface area (Å²) < 4.78 is 5.21. The second-order valence-electron chi connectivity index (χ2n) is 8.71. The summed E-state index contributed by atoms with van der Waals surface area (Å²) >= 11 is 0. The van der Waals surface area contributed by atoms with Gasteiger partial charge in [0.15, 0.2) is 0 Å². The average molecular weight is 302 g/mol. The molecule has 2 aliphatic carbocycles. The second kappa shape index (κ2) is 5.54. The Balaban J connectivity index is 1.85. The maximum Gasteiger partial charge on any atom is 0.137 e. The van der Waals surface area contributed by atoms with Crippen molar-refractivity contribution in [3.8, 4) is 0 Å². The molecule has 0 aliphatic heterocycles. The Bertz CT molecular complexity index is 528. The first-order valence-corrected chi connectivity index (χ1v) is 8.88. The zero-order valence-electron chi connectivity index (χ0n) is 14.5. The van der Waals surface area contributed by atoms with E-state index in [2.05, 4.69) is 33.8 Å². The molecule has 0 saturated heterocycles. The molecule has 2 heteroatoms. The highest BCUT2D eigenvalue weighted by atomic mass is 16.3. The van der Waals surface area contributed by atoms with Crippen molar-refractivity contribution in [3.63, 3.8) is 0 Å². The minimum Gasteiger partial charge on any atom is -0.472 e. The first-order valence-electron chi connectivity index (χ1n) is 8.88. The number of rotatable bonds is 3. The van der Waals surface area contributed by atoms with Gasteiger partial charge in [0, 0.05) is 12.3 Å². The van der Waals surface area contributed by atoms with Crippen LogP contribution < -0.4 is 0 Å². The largest absolute Gasteiger partial charge is 0.472 e. The van der Waals surface area contributed by atoms with Gasteiger partial charge >= 0.3 is 0 Å². The van der Waals surface area contributed by atoms with Crippen LogP contribution in [0.3, 0.4) is 0 Å². The molecule has 0 amide bonds. The van der Waals surface area contributed by atoms with E-state index in [0.29, 0.717) is 17.6 Å². The molecule has 0 radical (unpaired) electrons. The van der Waals surface area contributed by atoms with Crippen molar-refractivity contribution in [2.45, 2.75) is 66.2 Å². The van der Waals surface area contributed by atoms with E-state index >= 15 is 0 Å². The molecule has 2 nitrogen and oxygen atoms in total. The Morgan fingerprint density at radius 1 is 1.27 bits per heavy atom. The fourth-order valence-electron chi connectivity index (χ4n) is 5.91. The molecule has 1 heterocycles. The van der Waals surface area contributed by atoms with Crippen LogP contribution in [0.25, 0.3) is 0 Å². The maximum absolute atomic E-state index is 12.8. The lowest BCUT2D eigenvalue weighted by Gasteiger charge is -2.58. The molecule has 3 rings (SSSR count). The third kappa shape index (κ3) is 2.55. The Morgan fingerprint density at radius 2 is 2.05 bits per heavy atom. The van der Waals surface area contributed by atoms with Crippen LogP contribution in [-0.4, -0.2) is 5.78 Å². The number of carbonyl (C=O) groups excluding carboxylic acids is 1. The minimum atomic E-state index is 0.165. The maximum atomic E-state index is 12.8. The van der Waals surface area contributed by atoms with Crippen molar-refractivity contribution >= 4 is 5.78 Å². The van der Waals surface area contributed by atoms with Gasteiger partial charge in [0.25, 0.3) is 0 Å². The molecular weight excluding hydrogens is 272 g/mol. The molecule has 0 bridgehead atoms. The highest BCUT2D eigenvalue weighted by molar-refractivity contribution is 5.84. The predicted octanol–water partition coefficient (Wildman–Crippen LogP) is 5.27. The van der Waals surface area contributed by atoms with Gasteiger partial charge in [-0.25, -0.2) is 0 Å². The Hall–Kier alpha value is -1.05. The van der Waals surface area contributed by atoms with Crippen LogP contribution in [0.4, 0.5) is 0 Å². The molecule has 1 unspecified atom stereocenters. The molecule has 2 fully saturated rings. The van der Waals surface area contributed by atoms with Gasteiger partial charge in [0.2, 0.25) is 0 Å². The number of Topliss-reactive ketones (excluding diaryl/α,β-unsaturated/α-hetero) is 1. The molecule has 1 aromatic rings. The lowest BCUT2D eigenvalue weighted by atomic mass is 9.45. The summed E-state index contributed by atoms with van der Waals surface area (Å²) in [6.07, 6.45) is 10.3. The van der Waals surface area contributed by atoms with Gasteiger partial charge in [-0.15, -0.1) is 0 Å². The summed E-state index contributed by atoms with van der Waals surface area (Å²) in [6.45, 7) is 9.33. The monoisotopic (exact) mass is 302 g/mol. The zero-order chi connectivity index (χ0) is 16.0. The van der Waals surface area contributed by atoms with Crippen LogP contribution in [0, 0.1) is 28.6 Å². The van der Waals surface area contributed by atoms with Gasteiger partial charge in [-0.2, -0.15) is 0 Å². The van der Waals surface area contributed by atoms with Crippen molar-refractivity contribution in [2.75, 3.05) is 0 Å². The summed E-state index contributed by atoms with van der Waals surface area (Å²) in [5.74, 6) is 1.93.